The molecule has 1 heterocycles. The highest BCUT2D eigenvalue weighted by Crippen LogP contribution is 2.25. The molecule has 2 aromatic rings. The molecule has 1 N–H and O–H groups in total. The fourth-order valence-electron chi connectivity index (χ4n) is 1.92. The van der Waals surface area contributed by atoms with Crippen LogP contribution in [0.25, 0.3) is 0 Å². The van der Waals surface area contributed by atoms with Gasteiger partial charge in [-0.05, 0) is 12.1 Å². The molecule has 1 aromatic carbocycles. The SMILES string of the molecule is COc1ccccc1CN(C)S(=O)(=O)c1csc(CO)c1. The molecule has 21 heavy (non-hydrogen) atoms. The molecule has 0 aliphatic rings. The number of ether oxygens (including phenoxy) is 1. The predicted octanol–water partition coefficient (Wildman–Crippen LogP) is 2.07. The molecule has 0 saturated heterocycles. The fourth-order valence-corrected chi connectivity index (χ4v) is 4.19. The van der Waals surface area contributed by atoms with Crippen LogP contribution in [-0.4, -0.2) is 32.0 Å². The average molecular weight is 327 g/mol. The van der Waals surface area contributed by atoms with Gasteiger partial charge in [-0.25, -0.2) is 8.42 Å². The number of rotatable bonds is 6. The van der Waals surface area contributed by atoms with Gasteiger partial charge in [-0.2, -0.15) is 4.31 Å². The van der Waals surface area contributed by atoms with Crippen LogP contribution in [0.1, 0.15) is 10.4 Å². The van der Waals surface area contributed by atoms with E-state index in [-0.39, 0.29) is 18.0 Å². The van der Waals surface area contributed by atoms with E-state index in [9.17, 15) is 8.42 Å². The van der Waals surface area contributed by atoms with Crippen LogP contribution >= 0.6 is 11.3 Å². The van der Waals surface area contributed by atoms with Crippen molar-refractivity contribution in [3.8, 4) is 5.75 Å². The first-order valence-electron chi connectivity index (χ1n) is 6.25. The number of methoxy groups -OCH3 is 1. The molecule has 0 saturated carbocycles. The van der Waals surface area contributed by atoms with Crippen molar-refractivity contribution in [2.24, 2.45) is 0 Å². The second-order valence-electron chi connectivity index (χ2n) is 4.48. The van der Waals surface area contributed by atoms with Crippen molar-refractivity contribution in [3.05, 3.63) is 46.2 Å². The minimum Gasteiger partial charge on any atom is -0.496 e. The van der Waals surface area contributed by atoms with E-state index in [1.165, 1.54) is 28.8 Å². The first kappa shape index (κ1) is 16.0. The standard InChI is InChI=1S/C14H17NO4S2/c1-15(8-11-5-3-4-6-14(11)19-2)21(17,18)13-7-12(9-16)20-10-13/h3-7,10,16H,8-9H2,1-2H3. The van der Waals surface area contributed by atoms with Crippen LogP contribution in [0, 0.1) is 0 Å². The van der Waals surface area contributed by atoms with Crippen LogP contribution in [-0.2, 0) is 23.2 Å². The Kier molecular flexibility index (Phi) is 5.00. The van der Waals surface area contributed by atoms with E-state index < -0.39 is 10.0 Å². The number of aliphatic hydroxyl groups excluding tert-OH is 1. The third-order valence-corrected chi connectivity index (χ3v) is 5.93. The van der Waals surface area contributed by atoms with Gasteiger partial charge < -0.3 is 9.84 Å². The normalized spacial score (nSPS) is 11.8. The van der Waals surface area contributed by atoms with Crippen LogP contribution in [0.5, 0.6) is 5.75 Å². The van der Waals surface area contributed by atoms with Gasteiger partial charge in [-0.15, -0.1) is 11.3 Å². The third kappa shape index (κ3) is 3.44. The molecule has 5 nitrogen and oxygen atoms in total. The van der Waals surface area contributed by atoms with Crippen molar-refractivity contribution in [1.29, 1.82) is 0 Å². The Hall–Kier alpha value is -1.41. The molecule has 0 unspecified atom stereocenters. The topological polar surface area (TPSA) is 66.8 Å². The minimum atomic E-state index is -3.57. The smallest absolute Gasteiger partial charge is 0.243 e. The molecule has 0 aliphatic carbocycles. The summed E-state index contributed by atoms with van der Waals surface area (Å²) < 4.78 is 31.5. The van der Waals surface area contributed by atoms with Crippen molar-refractivity contribution in [2.75, 3.05) is 14.2 Å². The number of aliphatic hydroxyl groups is 1. The van der Waals surface area contributed by atoms with E-state index in [1.807, 2.05) is 18.2 Å². The highest BCUT2D eigenvalue weighted by molar-refractivity contribution is 7.89. The van der Waals surface area contributed by atoms with E-state index in [2.05, 4.69) is 0 Å². The van der Waals surface area contributed by atoms with Crippen molar-refractivity contribution >= 4 is 21.4 Å². The molecule has 0 radical (unpaired) electrons. The summed E-state index contributed by atoms with van der Waals surface area (Å²) in [5.74, 6) is 0.654. The highest BCUT2D eigenvalue weighted by Gasteiger charge is 2.23. The van der Waals surface area contributed by atoms with E-state index in [4.69, 9.17) is 9.84 Å². The van der Waals surface area contributed by atoms with E-state index in [0.717, 1.165) is 5.56 Å². The summed E-state index contributed by atoms with van der Waals surface area (Å²) in [6.07, 6.45) is 0. The summed E-state index contributed by atoms with van der Waals surface area (Å²) in [5, 5.41) is 10.6. The zero-order valence-corrected chi connectivity index (χ0v) is 13.4. The van der Waals surface area contributed by atoms with Gasteiger partial charge >= 0.3 is 0 Å². The van der Waals surface area contributed by atoms with Crippen LogP contribution in [0.3, 0.4) is 0 Å². The van der Waals surface area contributed by atoms with Crippen molar-refractivity contribution in [3.63, 3.8) is 0 Å². The first-order chi connectivity index (χ1) is 9.98. The molecular formula is C14H17NO4S2. The molecule has 2 rings (SSSR count). The van der Waals surface area contributed by atoms with Crippen LogP contribution in [0.4, 0.5) is 0 Å². The van der Waals surface area contributed by atoms with Gasteiger partial charge in [0, 0.05) is 29.4 Å². The van der Waals surface area contributed by atoms with E-state index in [1.54, 1.807) is 18.6 Å². The number of para-hydroxylation sites is 1. The lowest BCUT2D eigenvalue weighted by atomic mass is 10.2. The quantitative estimate of drug-likeness (QED) is 0.882. The number of benzene rings is 1. The van der Waals surface area contributed by atoms with E-state index >= 15 is 0 Å². The average Bonchev–Trinajstić information content (AvgIpc) is 2.97. The number of thiophene rings is 1. The van der Waals surface area contributed by atoms with Gasteiger partial charge in [0.05, 0.1) is 18.6 Å². The number of nitrogens with zero attached hydrogens (tertiary/aromatic N) is 1. The fraction of sp³-hybridized carbons (Fsp3) is 0.286. The summed E-state index contributed by atoms with van der Waals surface area (Å²) in [5.41, 5.74) is 0.795. The maximum Gasteiger partial charge on any atom is 0.243 e. The number of hydrogen-bond acceptors (Lipinski definition) is 5. The lowest BCUT2D eigenvalue weighted by Crippen LogP contribution is -2.26. The Labute approximate surface area is 128 Å². The summed E-state index contributed by atoms with van der Waals surface area (Å²) in [6, 6.07) is 8.80. The molecule has 0 bridgehead atoms. The van der Waals surface area contributed by atoms with Gasteiger partial charge in [0.1, 0.15) is 5.75 Å². The Morgan fingerprint density at radius 2 is 2.05 bits per heavy atom. The Balaban J connectivity index is 2.24. The molecule has 114 valence electrons. The van der Waals surface area contributed by atoms with E-state index in [0.29, 0.717) is 10.6 Å². The summed E-state index contributed by atoms with van der Waals surface area (Å²) in [4.78, 5) is 0.827. The van der Waals surface area contributed by atoms with Crippen LogP contribution < -0.4 is 4.74 Å². The largest absolute Gasteiger partial charge is 0.496 e. The minimum absolute atomic E-state index is 0.156. The Bertz CT molecular complexity index is 709. The van der Waals surface area contributed by atoms with Crippen molar-refractivity contribution in [2.45, 2.75) is 18.0 Å². The first-order valence-corrected chi connectivity index (χ1v) is 8.57. The molecule has 1 aromatic heterocycles. The molecule has 7 heteroatoms. The van der Waals surface area contributed by atoms with Crippen LogP contribution in [0.2, 0.25) is 0 Å². The van der Waals surface area contributed by atoms with Gasteiger partial charge in [0.25, 0.3) is 0 Å². The summed E-state index contributed by atoms with van der Waals surface area (Å²) in [6.45, 7) is 0.0626. The van der Waals surface area contributed by atoms with Crippen molar-refractivity contribution in [1.82, 2.24) is 4.31 Å². The van der Waals surface area contributed by atoms with Gasteiger partial charge in [0.15, 0.2) is 0 Å². The molecule has 0 aliphatic heterocycles. The maximum atomic E-state index is 12.5. The number of sulfonamides is 1. The Morgan fingerprint density at radius 1 is 1.33 bits per heavy atom. The lowest BCUT2D eigenvalue weighted by Gasteiger charge is -2.18. The second-order valence-corrected chi connectivity index (χ2v) is 7.52. The van der Waals surface area contributed by atoms with Gasteiger partial charge in [-0.3, -0.25) is 0 Å². The second kappa shape index (κ2) is 6.57. The number of hydrogen-bond donors (Lipinski definition) is 1. The molecule has 0 amide bonds. The van der Waals surface area contributed by atoms with Gasteiger partial charge in [-0.1, -0.05) is 18.2 Å². The highest BCUT2D eigenvalue weighted by atomic mass is 32.2. The molecular weight excluding hydrogens is 310 g/mol. The zero-order valence-electron chi connectivity index (χ0n) is 11.8. The van der Waals surface area contributed by atoms with Crippen LogP contribution in [0.15, 0.2) is 40.6 Å². The molecule has 0 atom stereocenters. The maximum absolute atomic E-state index is 12.5. The Morgan fingerprint density at radius 3 is 2.67 bits per heavy atom. The third-order valence-electron chi connectivity index (χ3n) is 3.08. The summed E-state index contributed by atoms with van der Waals surface area (Å²) in [7, 11) is -0.493. The molecule has 0 fully saturated rings. The lowest BCUT2D eigenvalue weighted by molar-refractivity contribution is 0.285. The monoisotopic (exact) mass is 327 g/mol. The van der Waals surface area contributed by atoms with Crippen molar-refractivity contribution < 1.29 is 18.3 Å². The summed E-state index contributed by atoms with van der Waals surface area (Å²) >= 11 is 1.23. The molecule has 0 spiro atoms. The predicted molar refractivity (Wildman–Crippen MR) is 81.9 cm³/mol. The zero-order chi connectivity index (χ0) is 15.5. The van der Waals surface area contributed by atoms with Gasteiger partial charge in [0.2, 0.25) is 10.0 Å².